The lowest BCUT2D eigenvalue weighted by Gasteiger charge is -2.22. The number of furan rings is 1. The van der Waals surface area contributed by atoms with Crippen LogP contribution in [0.25, 0.3) is 117 Å². The molecule has 3 aromatic heterocycles. The summed E-state index contributed by atoms with van der Waals surface area (Å²) in [7, 11) is 0. The summed E-state index contributed by atoms with van der Waals surface area (Å²) in [4.78, 5) is 15.7. The van der Waals surface area contributed by atoms with Crippen LogP contribution in [0, 0.1) is 0 Å². The van der Waals surface area contributed by atoms with Crippen LogP contribution in [-0.4, -0.2) is 19.5 Å². The third-order valence-corrected chi connectivity index (χ3v) is 13.5. The van der Waals surface area contributed by atoms with Crippen molar-refractivity contribution >= 4 is 43.7 Å². The first-order valence-electron chi connectivity index (χ1n) is 22.2. The number of hydrogen-bond donors (Lipinski definition) is 0. The molecule has 5 nitrogen and oxygen atoms in total. The highest BCUT2D eigenvalue weighted by atomic mass is 16.3. The van der Waals surface area contributed by atoms with Gasteiger partial charge in [-0.2, -0.15) is 9.97 Å². The van der Waals surface area contributed by atoms with Crippen molar-refractivity contribution in [3.8, 4) is 73.2 Å². The van der Waals surface area contributed by atoms with E-state index < -0.39 is 0 Å². The number of aromatic nitrogens is 4. The topological polar surface area (TPSA) is 56.7 Å². The van der Waals surface area contributed by atoms with Gasteiger partial charge in [0.15, 0.2) is 11.6 Å². The summed E-state index contributed by atoms with van der Waals surface area (Å²) in [5.41, 5.74) is 17.7. The Kier molecular flexibility index (Phi) is 8.18. The van der Waals surface area contributed by atoms with Crippen LogP contribution in [0.2, 0.25) is 0 Å². The van der Waals surface area contributed by atoms with Gasteiger partial charge >= 0.3 is 0 Å². The van der Waals surface area contributed by atoms with Crippen molar-refractivity contribution in [1.29, 1.82) is 0 Å². The van der Waals surface area contributed by atoms with E-state index in [9.17, 15) is 0 Å². The Morgan fingerprint density at radius 3 is 1.77 bits per heavy atom. The van der Waals surface area contributed by atoms with Gasteiger partial charge in [0.2, 0.25) is 5.95 Å². The Morgan fingerprint density at radius 2 is 0.938 bits per heavy atom. The van der Waals surface area contributed by atoms with Crippen molar-refractivity contribution in [3.63, 3.8) is 0 Å². The summed E-state index contributed by atoms with van der Waals surface area (Å²) in [5.74, 6) is 1.71. The Morgan fingerprint density at radius 1 is 0.369 bits per heavy atom. The Bertz CT molecular complexity index is 3880. The van der Waals surface area contributed by atoms with E-state index in [4.69, 9.17) is 19.4 Å². The van der Waals surface area contributed by atoms with Gasteiger partial charge in [-0.3, -0.25) is 4.57 Å². The summed E-state index contributed by atoms with van der Waals surface area (Å²) in [6, 6.07) is 73.3. The van der Waals surface area contributed by atoms with Crippen LogP contribution >= 0.6 is 0 Å². The summed E-state index contributed by atoms with van der Waals surface area (Å²) < 4.78 is 8.56. The molecule has 1 aliphatic carbocycles. The lowest BCUT2D eigenvalue weighted by atomic mass is 9.81. The summed E-state index contributed by atoms with van der Waals surface area (Å²) in [6.45, 7) is 4.68. The Hall–Kier alpha value is -8.41. The fourth-order valence-corrected chi connectivity index (χ4v) is 10.3. The van der Waals surface area contributed by atoms with E-state index in [-0.39, 0.29) is 5.41 Å². The molecule has 0 N–H and O–H groups in total. The Labute approximate surface area is 376 Å². The summed E-state index contributed by atoms with van der Waals surface area (Å²) in [5, 5.41) is 4.39. The van der Waals surface area contributed by atoms with E-state index in [0.29, 0.717) is 17.6 Å². The van der Waals surface area contributed by atoms with E-state index in [2.05, 4.69) is 170 Å². The first-order valence-corrected chi connectivity index (χ1v) is 22.2. The molecule has 0 saturated carbocycles. The Balaban J connectivity index is 0.957. The van der Waals surface area contributed by atoms with Crippen LogP contribution in [-0.2, 0) is 5.41 Å². The van der Waals surface area contributed by atoms with Gasteiger partial charge in [0.25, 0.3) is 0 Å². The standard InChI is InChI=1S/C60H40N4O/c1-60(2)51-26-9-6-21-45(51)46-31-29-41(35-52(46)60)39-18-12-17-38(33-39)40-19-13-20-42(34-40)44-24-14-25-50-47-22-7-10-27-53(47)64(56(44)50)59-62-57(37-15-4-3-5-16-37)61-58(63-59)43-30-32-49-48-23-8-11-28-54(48)65-55(49)36-43/h3-36H,1-2H3. The second kappa shape index (κ2) is 14.3. The van der Waals surface area contributed by atoms with Crippen molar-refractivity contribution in [2.24, 2.45) is 0 Å². The second-order valence-electron chi connectivity index (χ2n) is 17.6. The fourth-order valence-electron chi connectivity index (χ4n) is 10.3. The minimum atomic E-state index is -0.0624. The van der Waals surface area contributed by atoms with Gasteiger partial charge in [-0.25, -0.2) is 4.98 Å². The van der Waals surface area contributed by atoms with E-state index in [1.54, 1.807) is 0 Å². The lowest BCUT2D eigenvalue weighted by Crippen LogP contribution is -2.14. The van der Waals surface area contributed by atoms with Crippen molar-refractivity contribution in [2.45, 2.75) is 19.3 Å². The van der Waals surface area contributed by atoms with Gasteiger partial charge in [0.1, 0.15) is 11.2 Å². The van der Waals surface area contributed by atoms with Gasteiger partial charge in [-0.1, -0.05) is 178 Å². The normalized spacial score (nSPS) is 12.9. The van der Waals surface area contributed by atoms with E-state index in [1.165, 1.54) is 33.4 Å². The maximum absolute atomic E-state index is 6.34. The monoisotopic (exact) mass is 832 g/mol. The van der Waals surface area contributed by atoms with Crippen LogP contribution in [0.1, 0.15) is 25.0 Å². The molecule has 5 heteroatoms. The van der Waals surface area contributed by atoms with E-state index in [1.807, 2.05) is 54.6 Å². The second-order valence-corrected chi connectivity index (χ2v) is 17.6. The molecular formula is C60H40N4O. The van der Waals surface area contributed by atoms with Crippen LogP contribution in [0.5, 0.6) is 0 Å². The van der Waals surface area contributed by atoms with Gasteiger partial charge < -0.3 is 4.42 Å². The molecule has 65 heavy (non-hydrogen) atoms. The maximum Gasteiger partial charge on any atom is 0.238 e. The SMILES string of the molecule is CC1(C)c2ccccc2-c2ccc(-c3cccc(-c4cccc(-c5cccc6c7ccccc7n(-c7nc(-c8ccccc8)nc(-c8ccc9c(c8)oc8ccccc89)n7)c56)c4)c3)cc21. The van der Waals surface area contributed by atoms with Crippen molar-refractivity contribution in [3.05, 3.63) is 217 Å². The molecule has 12 aromatic rings. The van der Waals surface area contributed by atoms with E-state index >= 15 is 0 Å². The lowest BCUT2D eigenvalue weighted by molar-refractivity contribution is 0.660. The molecule has 0 bridgehead atoms. The highest BCUT2D eigenvalue weighted by Crippen LogP contribution is 2.50. The molecule has 9 aromatic carbocycles. The predicted molar refractivity (Wildman–Crippen MR) is 266 cm³/mol. The number of para-hydroxylation sites is 3. The fraction of sp³-hybridized carbons (Fsp3) is 0.0500. The van der Waals surface area contributed by atoms with E-state index in [0.717, 1.165) is 77.1 Å². The smallest absolute Gasteiger partial charge is 0.238 e. The third kappa shape index (κ3) is 5.89. The molecule has 0 aliphatic heterocycles. The molecule has 0 atom stereocenters. The summed E-state index contributed by atoms with van der Waals surface area (Å²) in [6.07, 6.45) is 0. The average Bonchev–Trinajstić information content (AvgIpc) is 3.99. The maximum atomic E-state index is 6.34. The molecule has 0 saturated heterocycles. The molecule has 0 amide bonds. The number of fused-ring (bicyclic) bond motifs is 9. The van der Waals surface area contributed by atoms with Gasteiger partial charge in [-0.05, 0) is 92.5 Å². The molecule has 3 heterocycles. The zero-order chi connectivity index (χ0) is 43.2. The van der Waals surface area contributed by atoms with Crippen LogP contribution < -0.4 is 0 Å². The van der Waals surface area contributed by atoms with Crippen molar-refractivity contribution in [1.82, 2.24) is 19.5 Å². The van der Waals surface area contributed by atoms with Gasteiger partial charge in [-0.15, -0.1) is 0 Å². The van der Waals surface area contributed by atoms with Gasteiger partial charge in [0, 0.05) is 43.7 Å². The molecular weight excluding hydrogens is 793 g/mol. The molecule has 0 spiro atoms. The molecule has 0 fully saturated rings. The minimum Gasteiger partial charge on any atom is -0.456 e. The first kappa shape index (κ1) is 37.2. The van der Waals surface area contributed by atoms with Gasteiger partial charge in [0.05, 0.1) is 11.0 Å². The highest BCUT2D eigenvalue weighted by Gasteiger charge is 2.35. The number of hydrogen-bond acceptors (Lipinski definition) is 4. The van der Waals surface area contributed by atoms with Crippen molar-refractivity contribution < 1.29 is 4.42 Å². The number of rotatable bonds is 6. The van der Waals surface area contributed by atoms with Crippen LogP contribution in [0.4, 0.5) is 0 Å². The van der Waals surface area contributed by atoms with Crippen LogP contribution in [0.15, 0.2) is 211 Å². The predicted octanol–water partition coefficient (Wildman–Crippen LogP) is 15.5. The number of benzene rings is 9. The molecule has 1 aliphatic rings. The quantitative estimate of drug-likeness (QED) is 0.167. The molecule has 0 radical (unpaired) electrons. The zero-order valence-corrected chi connectivity index (χ0v) is 35.8. The average molecular weight is 833 g/mol. The minimum absolute atomic E-state index is 0.0624. The first-order chi connectivity index (χ1) is 32.0. The third-order valence-electron chi connectivity index (χ3n) is 13.5. The zero-order valence-electron chi connectivity index (χ0n) is 35.8. The summed E-state index contributed by atoms with van der Waals surface area (Å²) >= 11 is 0. The largest absolute Gasteiger partial charge is 0.456 e. The van der Waals surface area contributed by atoms with Crippen molar-refractivity contribution in [2.75, 3.05) is 0 Å². The molecule has 13 rings (SSSR count). The molecule has 0 unspecified atom stereocenters. The molecule has 306 valence electrons. The highest BCUT2D eigenvalue weighted by molar-refractivity contribution is 6.14. The number of nitrogens with zero attached hydrogens (tertiary/aromatic N) is 4. The van der Waals surface area contributed by atoms with Crippen LogP contribution in [0.3, 0.4) is 0 Å².